The first-order valence-electron chi connectivity index (χ1n) is 10.2. The number of benzene rings is 2. The van der Waals surface area contributed by atoms with E-state index in [2.05, 4.69) is 40.5 Å². The van der Waals surface area contributed by atoms with E-state index >= 15 is 0 Å². The number of hydrogen-bond donors (Lipinski definition) is 2. The number of likely N-dealkylation sites (tertiary alicyclic amines) is 1. The second kappa shape index (κ2) is 6.78. The van der Waals surface area contributed by atoms with Gasteiger partial charge in [-0.15, -0.1) is 0 Å². The third-order valence-corrected chi connectivity index (χ3v) is 7.46. The van der Waals surface area contributed by atoms with E-state index in [9.17, 15) is 9.90 Å². The highest BCUT2D eigenvalue weighted by atomic mass is 35.5. The van der Waals surface area contributed by atoms with Crippen molar-refractivity contribution in [1.29, 1.82) is 0 Å². The Hall–Kier alpha value is -2.04. The SMILES string of the molecule is O=C(N[C@@H]1CCC23CCC2N(Cc2ccccc2)C3C1)c1cc(Cl)ccc1O. The molecule has 28 heavy (non-hydrogen) atoms. The predicted molar refractivity (Wildman–Crippen MR) is 109 cm³/mol. The number of hydrogen-bond acceptors (Lipinski definition) is 3. The van der Waals surface area contributed by atoms with Gasteiger partial charge in [-0.05, 0) is 55.9 Å². The summed E-state index contributed by atoms with van der Waals surface area (Å²) in [5, 5.41) is 13.6. The smallest absolute Gasteiger partial charge is 0.255 e. The van der Waals surface area contributed by atoms with Gasteiger partial charge in [0.05, 0.1) is 5.56 Å². The monoisotopic (exact) mass is 396 g/mol. The number of amides is 1. The Balaban J connectivity index is 1.28. The minimum Gasteiger partial charge on any atom is -0.507 e. The summed E-state index contributed by atoms with van der Waals surface area (Å²) >= 11 is 6.00. The lowest BCUT2D eigenvalue weighted by atomic mass is 9.47. The molecule has 5 rings (SSSR count). The Kier molecular flexibility index (Phi) is 4.37. The van der Waals surface area contributed by atoms with Crippen molar-refractivity contribution in [3.63, 3.8) is 0 Å². The minimum absolute atomic E-state index is 0.0254. The molecule has 2 aromatic rings. The molecule has 3 aliphatic rings. The molecule has 0 radical (unpaired) electrons. The first-order valence-corrected chi connectivity index (χ1v) is 10.5. The third-order valence-electron chi connectivity index (χ3n) is 7.22. The average molecular weight is 397 g/mol. The standard InChI is InChI=1S/C23H25ClN2O2/c24-16-6-7-19(27)18(12-16)22(28)25-17-8-10-23-11-9-20(23)26(21(23)13-17)14-15-4-2-1-3-5-15/h1-7,12,17,20-21,27H,8-11,13-14H2,(H,25,28)/t17-,20?,21?,23?/m1/s1. The molecule has 4 nitrogen and oxygen atoms in total. The molecule has 1 aliphatic heterocycles. The highest BCUT2D eigenvalue weighted by Crippen LogP contribution is 2.64. The number of rotatable bonds is 4. The highest BCUT2D eigenvalue weighted by Gasteiger charge is 2.66. The molecule has 1 saturated heterocycles. The van der Waals surface area contributed by atoms with Gasteiger partial charge < -0.3 is 10.4 Å². The van der Waals surface area contributed by atoms with Crippen molar-refractivity contribution in [1.82, 2.24) is 10.2 Å². The molecule has 0 bridgehead atoms. The van der Waals surface area contributed by atoms with Crippen molar-refractivity contribution in [2.45, 2.75) is 56.8 Å². The number of piperidine rings is 1. The van der Waals surface area contributed by atoms with Crippen LogP contribution >= 0.6 is 11.6 Å². The van der Waals surface area contributed by atoms with Crippen LogP contribution < -0.4 is 5.32 Å². The summed E-state index contributed by atoms with van der Waals surface area (Å²) in [5.41, 5.74) is 2.09. The summed E-state index contributed by atoms with van der Waals surface area (Å²) in [7, 11) is 0. The van der Waals surface area contributed by atoms with E-state index in [-0.39, 0.29) is 23.3 Å². The Morgan fingerprint density at radius 1 is 1.14 bits per heavy atom. The van der Waals surface area contributed by atoms with Crippen LogP contribution in [-0.2, 0) is 6.54 Å². The molecular formula is C23H25ClN2O2. The molecule has 5 heteroatoms. The summed E-state index contributed by atoms with van der Waals surface area (Å²) < 4.78 is 0. The maximum atomic E-state index is 12.7. The molecule has 1 amide bonds. The molecule has 2 aliphatic carbocycles. The van der Waals surface area contributed by atoms with Crippen LogP contribution in [0.15, 0.2) is 48.5 Å². The predicted octanol–water partition coefficient (Wildman–Crippen LogP) is 4.36. The van der Waals surface area contributed by atoms with Crippen molar-refractivity contribution in [3.05, 3.63) is 64.7 Å². The zero-order valence-corrected chi connectivity index (χ0v) is 16.5. The largest absolute Gasteiger partial charge is 0.507 e. The number of halogens is 1. The van der Waals surface area contributed by atoms with Gasteiger partial charge in [0, 0.05) is 35.1 Å². The van der Waals surface area contributed by atoms with E-state index < -0.39 is 0 Å². The second-order valence-corrected chi connectivity index (χ2v) is 9.00. The van der Waals surface area contributed by atoms with Crippen LogP contribution in [0.5, 0.6) is 5.75 Å². The van der Waals surface area contributed by atoms with Crippen molar-refractivity contribution in [3.8, 4) is 5.75 Å². The Labute approximate surface area is 170 Å². The molecule has 0 aromatic heterocycles. The fourth-order valence-corrected chi connectivity index (χ4v) is 5.92. The van der Waals surface area contributed by atoms with E-state index in [0.717, 1.165) is 19.4 Å². The van der Waals surface area contributed by atoms with Crippen LogP contribution in [0, 0.1) is 5.41 Å². The summed E-state index contributed by atoms with van der Waals surface area (Å²) in [6.45, 7) is 0.994. The maximum absolute atomic E-state index is 12.7. The molecule has 3 unspecified atom stereocenters. The summed E-state index contributed by atoms with van der Waals surface area (Å²) in [5.74, 6) is -0.261. The van der Waals surface area contributed by atoms with E-state index in [0.29, 0.717) is 22.5 Å². The normalized spacial score (nSPS) is 31.1. The fraction of sp³-hybridized carbons (Fsp3) is 0.435. The molecule has 2 saturated carbocycles. The van der Waals surface area contributed by atoms with E-state index in [1.54, 1.807) is 6.07 Å². The summed E-state index contributed by atoms with van der Waals surface area (Å²) in [6.07, 6.45) is 5.80. The zero-order chi connectivity index (χ0) is 19.3. The number of nitrogens with zero attached hydrogens (tertiary/aromatic N) is 1. The van der Waals surface area contributed by atoms with Gasteiger partial charge in [-0.2, -0.15) is 0 Å². The van der Waals surface area contributed by atoms with Crippen molar-refractivity contribution in [2.24, 2.45) is 5.41 Å². The van der Waals surface area contributed by atoms with Crippen molar-refractivity contribution >= 4 is 17.5 Å². The molecule has 3 fully saturated rings. The molecule has 1 spiro atoms. The van der Waals surface area contributed by atoms with Crippen LogP contribution in [0.25, 0.3) is 0 Å². The van der Waals surface area contributed by atoms with E-state index in [4.69, 9.17) is 11.6 Å². The lowest BCUT2D eigenvalue weighted by Gasteiger charge is -2.73. The van der Waals surface area contributed by atoms with Crippen LogP contribution in [0.3, 0.4) is 0 Å². The van der Waals surface area contributed by atoms with Crippen LogP contribution in [0.1, 0.15) is 48.0 Å². The van der Waals surface area contributed by atoms with Gasteiger partial charge >= 0.3 is 0 Å². The number of carbonyl (C=O) groups excluding carboxylic acids is 1. The number of nitrogens with one attached hydrogen (secondary N) is 1. The third kappa shape index (κ3) is 2.82. The number of phenols is 1. The lowest BCUT2D eigenvalue weighted by Crippen LogP contribution is -2.78. The van der Waals surface area contributed by atoms with Crippen molar-refractivity contribution in [2.75, 3.05) is 0 Å². The van der Waals surface area contributed by atoms with Gasteiger partial charge in [-0.3, -0.25) is 9.69 Å². The molecule has 4 atom stereocenters. The molecule has 1 heterocycles. The van der Waals surface area contributed by atoms with Crippen LogP contribution in [-0.4, -0.2) is 34.0 Å². The van der Waals surface area contributed by atoms with E-state index in [1.807, 2.05) is 0 Å². The summed E-state index contributed by atoms with van der Waals surface area (Å²) in [6, 6.07) is 16.6. The van der Waals surface area contributed by atoms with Gasteiger partial charge in [0.25, 0.3) is 5.91 Å². The molecule has 146 valence electrons. The van der Waals surface area contributed by atoms with Gasteiger partial charge in [-0.25, -0.2) is 0 Å². The molecular weight excluding hydrogens is 372 g/mol. The van der Waals surface area contributed by atoms with Gasteiger partial charge in [0.2, 0.25) is 0 Å². The number of aromatic hydroxyl groups is 1. The topological polar surface area (TPSA) is 52.6 Å². The Morgan fingerprint density at radius 3 is 2.68 bits per heavy atom. The maximum Gasteiger partial charge on any atom is 0.255 e. The molecule has 2 aromatic carbocycles. The minimum atomic E-state index is -0.236. The first-order chi connectivity index (χ1) is 13.6. The lowest BCUT2D eigenvalue weighted by molar-refractivity contribution is -0.231. The molecule has 2 N–H and O–H groups in total. The number of phenolic OH excluding ortho intramolecular Hbond substituents is 1. The van der Waals surface area contributed by atoms with Gasteiger partial charge in [-0.1, -0.05) is 41.9 Å². The van der Waals surface area contributed by atoms with E-state index in [1.165, 1.54) is 37.0 Å². The average Bonchev–Trinajstić information content (AvgIpc) is 2.69. The first kappa shape index (κ1) is 18.0. The van der Waals surface area contributed by atoms with Gasteiger partial charge in [0.1, 0.15) is 5.75 Å². The van der Waals surface area contributed by atoms with Crippen LogP contribution in [0.4, 0.5) is 0 Å². The second-order valence-electron chi connectivity index (χ2n) is 8.57. The zero-order valence-electron chi connectivity index (χ0n) is 15.8. The Bertz CT molecular complexity index is 903. The fourth-order valence-electron chi connectivity index (χ4n) is 5.75. The highest BCUT2D eigenvalue weighted by molar-refractivity contribution is 6.31. The Morgan fingerprint density at radius 2 is 1.93 bits per heavy atom. The summed E-state index contributed by atoms with van der Waals surface area (Å²) in [4.78, 5) is 15.3. The quantitative estimate of drug-likeness (QED) is 0.807. The number of carbonyl (C=O) groups is 1. The van der Waals surface area contributed by atoms with Crippen LogP contribution in [0.2, 0.25) is 5.02 Å². The van der Waals surface area contributed by atoms with Gasteiger partial charge in [0.15, 0.2) is 0 Å². The van der Waals surface area contributed by atoms with Crippen molar-refractivity contribution < 1.29 is 9.90 Å².